The highest BCUT2D eigenvalue weighted by molar-refractivity contribution is 9.10. The van der Waals surface area contributed by atoms with Gasteiger partial charge in [0.05, 0.1) is 5.69 Å². The number of nitrogens with zero attached hydrogens (tertiary/aromatic N) is 2. The fourth-order valence-electron chi connectivity index (χ4n) is 1.70. The highest BCUT2D eigenvalue weighted by Crippen LogP contribution is 2.31. The van der Waals surface area contributed by atoms with E-state index in [4.69, 9.17) is 4.74 Å². The van der Waals surface area contributed by atoms with E-state index >= 15 is 0 Å². The highest BCUT2D eigenvalue weighted by atomic mass is 79.9. The van der Waals surface area contributed by atoms with Crippen LogP contribution in [-0.2, 0) is 11.3 Å². The third-order valence-corrected chi connectivity index (χ3v) is 4.36. The molecule has 2 aromatic heterocycles. The second-order valence-corrected chi connectivity index (χ2v) is 5.85. The molecule has 4 nitrogen and oxygen atoms in total. The summed E-state index contributed by atoms with van der Waals surface area (Å²) >= 11 is 5.21. The van der Waals surface area contributed by atoms with Gasteiger partial charge in [-0.15, -0.1) is 0 Å². The number of ether oxygens (including phenoxy) is 1. The van der Waals surface area contributed by atoms with Crippen molar-refractivity contribution in [1.82, 2.24) is 9.97 Å². The number of rotatable bonds is 7. The topological polar surface area (TPSA) is 47.0 Å². The van der Waals surface area contributed by atoms with Crippen LogP contribution in [-0.4, -0.2) is 23.1 Å². The second-order valence-electron chi connectivity index (χ2n) is 4.25. The first kappa shape index (κ1) is 15.4. The van der Waals surface area contributed by atoms with Gasteiger partial charge in [-0.3, -0.25) is 0 Å². The maximum atomic E-state index is 5.42. The number of hydrogen-bond donors (Lipinski definition) is 1. The van der Waals surface area contributed by atoms with Crippen LogP contribution in [0.1, 0.15) is 26.1 Å². The molecule has 1 N–H and O–H groups in total. The normalized spacial score (nSPS) is 10.8. The monoisotopic (exact) mass is 355 g/mol. The van der Waals surface area contributed by atoms with Crippen molar-refractivity contribution in [3.63, 3.8) is 0 Å². The molecule has 2 rings (SSSR count). The summed E-state index contributed by atoms with van der Waals surface area (Å²) in [6.45, 7) is 6.09. The van der Waals surface area contributed by atoms with E-state index < -0.39 is 0 Å². The van der Waals surface area contributed by atoms with E-state index in [-0.39, 0.29) is 0 Å². The van der Waals surface area contributed by atoms with Crippen LogP contribution in [0, 0.1) is 0 Å². The second kappa shape index (κ2) is 7.71. The number of anilines is 1. The van der Waals surface area contributed by atoms with Crippen LogP contribution in [0.25, 0.3) is 11.3 Å². The molecule has 0 amide bonds. The summed E-state index contributed by atoms with van der Waals surface area (Å²) in [4.78, 5) is 9.07. The third-order valence-electron chi connectivity index (χ3n) is 2.65. The minimum absolute atomic E-state index is 0.437. The fraction of sp³-hybridized carbons (Fsp3) is 0.429. The minimum atomic E-state index is 0.437. The molecule has 6 heteroatoms. The largest absolute Gasteiger partial charge is 0.374 e. The summed E-state index contributed by atoms with van der Waals surface area (Å²) in [5.74, 6) is 1.56. The van der Waals surface area contributed by atoms with Gasteiger partial charge in [-0.2, -0.15) is 11.3 Å². The van der Waals surface area contributed by atoms with Gasteiger partial charge >= 0.3 is 0 Å². The van der Waals surface area contributed by atoms with Gasteiger partial charge in [0.1, 0.15) is 12.4 Å². The van der Waals surface area contributed by atoms with Gasteiger partial charge in [-0.05, 0) is 29.3 Å². The molecule has 0 aromatic carbocycles. The van der Waals surface area contributed by atoms with Gasteiger partial charge < -0.3 is 10.1 Å². The summed E-state index contributed by atoms with van der Waals surface area (Å²) in [6, 6.07) is 1.98. The Morgan fingerprint density at radius 2 is 2.15 bits per heavy atom. The van der Waals surface area contributed by atoms with Crippen LogP contribution in [0.5, 0.6) is 0 Å². The molecule has 108 valence electrons. The van der Waals surface area contributed by atoms with Crippen LogP contribution in [0.4, 0.5) is 5.82 Å². The number of hydrogen-bond acceptors (Lipinski definition) is 5. The lowest BCUT2D eigenvalue weighted by molar-refractivity contribution is 0.128. The van der Waals surface area contributed by atoms with E-state index in [0.717, 1.165) is 34.5 Å². The smallest absolute Gasteiger partial charge is 0.157 e. The Morgan fingerprint density at radius 1 is 1.30 bits per heavy atom. The molecule has 0 aliphatic carbocycles. The molecule has 0 saturated carbocycles. The number of aromatic nitrogens is 2. The lowest BCUT2D eigenvalue weighted by Crippen LogP contribution is -2.07. The summed E-state index contributed by atoms with van der Waals surface area (Å²) in [6.07, 6.45) is 1.06. The Balaban J connectivity index is 2.32. The molecule has 0 unspecified atom stereocenters. The Morgan fingerprint density at radius 3 is 2.80 bits per heavy atom. The molecule has 0 atom stereocenters. The molecule has 0 fully saturated rings. The van der Waals surface area contributed by atoms with Gasteiger partial charge in [-0.1, -0.05) is 6.92 Å². The summed E-state index contributed by atoms with van der Waals surface area (Å²) in [5, 5.41) is 7.45. The fourth-order valence-corrected chi connectivity index (χ4v) is 3.19. The van der Waals surface area contributed by atoms with Crippen LogP contribution < -0.4 is 5.32 Å². The van der Waals surface area contributed by atoms with Gasteiger partial charge in [0.2, 0.25) is 0 Å². The van der Waals surface area contributed by atoms with Crippen molar-refractivity contribution in [1.29, 1.82) is 0 Å². The number of nitrogens with one attached hydrogen (secondary N) is 1. The summed E-state index contributed by atoms with van der Waals surface area (Å²) in [5.41, 5.74) is 2.01. The van der Waals surface area contributed by atoms with Gasteiger partial charge in [-0.25, -0.2) is 9.97 Å². The van der Waals surface area contributed by atoms with E-state index in [0.29, 0.717) is 19.0 Å². The average Bonchev–Trinajstić information content (AvgIpc) is 2.89. The Labute approximate surface area is 131 Å². The molecule has 2 aromatic rings. The molecule has 0 aliphatic rings. The molecule has 0 aliphatic heterocycles. The number of halogens is 1. The van der Waals surface area contributed by atoms with Gasteiger partial charge in [0.15, 0.2) is 5.82 Å². The zero-order valence-electron chi connectivity index (χ0n) is 11.6. The molecular weight excluding hydrogens is 338 g/mol. The lowest BCUT2D eigenvalue weighted by atomic mass is 10.2. The maximum absolute atomic E-state index is 5.42. The molecule has 0 bridgehead atoms. The van der Waals surface area contributed by atoms with E-state index in [1.54, 1.807) is 11.3 Å². The molecule has 0 spiro atoms. The first-order valence-corrected chi connectivity index (χ1v) is 8.39. The minimum Gasteiger partial charge on any atom is -0.374 e. The van der Waals surface area contributed by atoms with E-state index in [1.165, 1.54) is 0 Å². The predicted molar refractivity (Wildman–Crippen MR) is 87.2 cm³/mol. The zero-order chi connectivity index (χ0) is 14.4. The third kappa shape index (κ3) is 4.01. The van der Waals surface area contributed by atoms with Crippen molar-refractivity contribution >= 4 is 33.1 Å². The van der Waals surface area contributed by atoms with E-state index in [1.807, 2.05) is 13.0 Å². The first-order chi connectivity index (χ1) is 9.74. The van der Waals surface area contributed by atoms with Crippen LogP contribution in [0.15, 0.2) is 21.3 Å². The van der Waals surface area contributed by atoms with Crippen molar-refractivity contribution in [2.75, 3.05) is 18.5 Å². The SMILES string of the molecule is CCCNc1cc(-c2cscc2Br)nc(COCC)n1. The first-order valence-electron chi connectivity index (χ1n) is 6.66. The number of thiophene rings is 1. The van der Waals surface area contributed by atoms with Crippen molar-refractivity contribution in [2.45, 2.75) is 26.9 Å². The van der Waals surface area contributed by atoms with Crippen LogP contribution >= 0.6 is 27.3 Å². The Kier molecular flexibility index (Phi) is 5.94. The molecule has 20 heavy (non-hydrogen) atoms. The van der Waals surface area contributed by atoms with Crippen molar-refractivity contribution < 1.29 is 4.74 Å². The standard InChI is InChI=1S/C14H18BrN3OS/c1-3-5-16-13-6-12(10-8-20-9-11(10)15)17-14(18-13)7-19-4-2/h6,8-9H,3-5,7H2,1-2H3,(H,16,17,18). The van der Waals surface area contributed by atoms with Crippen molar-refractivity contribution in [3.05, 3.63) is 27.1 Å². The zero-order valence-corrected chi connectivity index (χ0v) is 14.1. The molecule has 0 saturated heterocycles. The Bertz CT molecular complexity index is 533. The van der Waals surface area contributed by atoms with Crippen LogP contribution in [0.3, 0.4) is 0 Å². The Hall–Kier alpha value is -0.980. The van der Waals surface area contributed by atoms with E-state index in [9.17, 15) is 0 Å². The molecular formula is C14H18BrN3OS. The van der Waals surface area contributed by atoms with Crippen LogP contribution in [0.2, 0.25) is 0 Å². The highest BCUT2D eigenvalue weighted by Gasteiger charge is 2.10. The van der Waals surface area contributed by atoms with E-state index in [2.05, 4.69) is 48.9 Å². The average molecular weight is 356 g/mol. The predicted octanol–water partition coefficient (Wildman–Crippen LogP) is 4.33. The molecule has 0 radical (unpaired) electrons. The van der Waals surface area contributed by atoms with Crippen molar-refractivity contribution in [3.8, 4) is 11.3 Å². The maximum Gasteiger partial charge on any atom is 0.157 e. The van der Waals surface area contributed by atoms with Gasteiger partial charge in [0, 0.05) is 40.0 Å². The lowest BCUT2D eigenvalue weighted by Gasteiger charge is -2.09. The quantitative estimate of drug-likeness (QED) is 0.802. The van der Waals surface area contributed by atoms with Gasteiger partial charge in [0.25, 0.3) is 0 Å². The van der Waals surface area contributed by atoms with Crippen molar-refractivity contribution in [2.24, 2.45) is 0 Å². The summed E-state index contributed by atoms with van der Waals surface area (Å²) in [7, 11) is 0. The summed E-state index contributed by atoms with van der Waals surface area (Å²) < 4.78 is 6.48. The molecule has 2 heterocycles.